The zero-order chi connectivity index (χ0) is 23.1. The highest BCUT2D eigenvalue weighted by molar-refractivity contribution is 5.79. The average Bonchev–Trinajstić information content (AvgIpc) is 2.79. The number of hydrogen-bond donors (Lipinski definition) is 2. The summed E-state index contributed by atoms with van der Waals surface area (Å²) in [6, 6.07) is 14.0. The summed E-state index contributed by atoms with van der Waals surface area (Å²) in [6.07, 6.45) is 3.58. The highest BCUT2D eigenvalue weighted by Crippen LogP contribution is 2.29. The zero-order valence-electron chi connectivity index (χ0n) is 19.5. The number of nitrogens with zero attached hydrogens (tertiary/aromatic N) is 2. The lowest BCUT2D eigenvalue weighted by Gasteiger charge is -2.14. The van der Waals surface area contributed by atoms with E-state index in [0.29, 0.717) is 23.0 Å². The van der Waals surface area contributed by atoms with Gasteiger partial charge in [0.25, 0.3) is 0 Å². The lowest BCUT2D eigenvalue weighted by molar-refractivity contribution is 0.355. The van der Waals surface area contributed by atoms with Crippen molar-refractivity contribution in [2.24, 2.45) is 5.73 Å². The molecule has 0 saturated heterocycles. The first-order chi connectivity index (χ1) is 15.5. The van der Waals surface area contributed by atoms with Crippen LogP contribution in [0.15, 0.2) is 42.5 Å². The van der Waals surface area contributed by atoms with Gasteiger partial charge in [-0.1, -0.05) is 31.2 Å². The summed E-state index contributed by atoms with van der Waals surface area (Å²) >= 11 is 0. The third kappa shape index (κ3) is 5.38. The maximum Gasteiger partial charge on any atom is 0.161 e. The van der Waals surface area contributed by atoms with E-state index >= 15 is 0 Å². The van der Waals surface area contributed by atoms with Gasteiger partial charge in [0.2, 0.25) is 0 Å². The second kappa shape index (κ2) is 10.7. The summed E-state index contributed by atoms with van der Waals surface area (Å²) in [7, 11) is 3.21. The Morgan fingerprint density at radius 2 is 1.78 bits per heavy atom. The smallest absolute Gasteiger partial charge is 0.161 e. The van der Waals surface area contributed by atoms with Gasteiger partial charge in [-0.05, 0) is 56.0 Å². The van der Waals surface area contributed by atoms with Crippen molar-refractivity contribution in [3.05, 3.63) is 76.2 Å². The number of hydrogen-bond acceptors (Lipinski definition) is 6. The van der Waals surface area contributed by atoms with E-state index in [0.717, 1.165) is 42.0 Å². The largest absolute Gasteiger partial charge is 0.493 e. The molecule has 0 saturated carbocycles. The van der Waals surface area contributed by atoms with E-state index in [4.69, 9.17) is 20.2 Å². The van der Waals surface area contributed by atoms with Gasteiger partial charge in [0, 0.05) is 35.1 Å². The monoisotopic (exact) mass is 432 g/mol. The van der Waals surface area contributed by atoms with Crippen LogP contribution in [0.4, 0.5) is 5.82 Å². The standard InChI is InChI=1S/C26H32N4O2/c1-6-21-18(3)29-25(16-22(27)20-11-12-23(31-4)24(15-20)32-5)30-26(21)28-14-13-19-10-8-7-9-17(19)2/h7-12,15-16H,6,13-14,27H2,1-5H3,(H,28,29,30). The van der Waals surface area contributed by atoms with E-state index in [-0.39, 0.29) is 0 Å². The molecule has 0 unspecified atom stereocenters. The number of nitrogens with one attached hydrogen (secondary N) is 1. The summed E-state index contributed by atoms with van der Waals surface area (Å²) in [6.45, 7) is 7.06. The van der Waals surface area contributed by atoms with E-state index < -0.39 is 0 Å². The van der Waals surface area contributed by atoms with Gasteiger partial charge in [-0.2, -0.15) is 0 Å². The minimum absolute atomic E-state index is 0.556. The molecule has 0 spiro atoms. The Labute approximate surface area is 190 Å². The molecule has 0 amide bonds. The van der Waals surface area contributed by atoms with Crippen LogP contribution in [0.3, 0.4) is 0 Å². The van der Waals surface area contributed by atoms with Crippen LogP contribution in [0.2, 0.25) is 0 Å². The fraction of sp³-hybridized carbons (Fsp3) is 0.308. The number of nitrogens with two attached hydrogens (primary N) is 1. The number of anilines is 1. The lowest BCUT2D eigenvalue weighted by Crippen LogP contribution is -2.12. The summed E-state index contributed by atoms with van der Waals surface area (Å²) in [4.78, 5) is 9.43. The lowest BCUT2D eigenvalue weighted by atomic mass is 10.1. The molecule has 0 aliphatic rings. The molecule has 0 fully saturated rings. The van der Waals surface area contributed by atoms with E-state index in [1.807, 2.05) is 25.1 Å². The van der Waals surface area contributed by atoms with Crippen LogP contribution in [0.1, 0.15) is 40.7 Å². The van der Waals surface area contributed by atoms with Crippen molar-refractivity contribution in [3.8, 4) is 11.5 Å². The normalized spacial score (nSPS) is 11.3. The van der Waals surface area contributed by atoms with Crippen molar-refractivity contribution < 1.29 is 9.47 Å². The summed E-state index contributed by atoms with van der Waals surface area (Å²) in [5, 5.41) is 3.51. The second-order valence-corrected chi connectivity index (χ2v) is 7.62. The van der Waals surface area contributed by atoms with Crippen LogP contribution in [0.5, 0.6) is 11.5 Å². The topological polar surface area (TPSA) is 82.3 Å². The van der Waals surface area contributed by atoms with Gasteiger partial charge in [0.1, 0.15) is 5.82 Å². The molecule has 6 heteroatoms. The predicted molar refractivity (Wildman–Crippen MR) is 131 cm³/mol. The Kier molecular flexibility index (Phi) is 7.71. The second-order valence-electron chi connectivity index (χ2n) is 7.62. The molecule has 1 aromatic heterocycles. The van der Waals surface area contributed by atoms with Crippen LogP contribution in [-0.4, -0.2) is 30.7 Å². The number of aromatic nitrogens is 2. The van der Waals surface area contributed by atoms with Crippen LogP contribution in [-0.2, 0) is 12.8 Å². The fourth-order valence-electron chi connectivity index (χ4n) is 3.70. The number of ether oxygens (including phenoxy) is 2. The van der Waals surface area contributed by atoms with Gasteiger partial charge in [-0.25, -0.2) is 9.97 Å². The molecule has 3 N–H and O–H groups in total. The summed E-state index contributed by atoms with van der Waals surface area (Å²) in [5.41, 5.74) is 12.5. The van der Waals surface area contributed by atoms with Crippen molar-refractivity contribution in [1.29, 1.82) is 0 Å². The van der Waals surface area contributed by atoms with Gasteiger partial charge >= 0.3 is 0 Å². The highest BCUT2D eigenvalue weighted by Gasteiger charge is 2.11. The first-order valence-electron chi connectivity index (χ1n) is 10.8. The highest BCUT2D eigenvalue weighted by atomic mass is 16.5. The quantitative estimate of drug-likeness (QED) is 0.506. The van der Waals surface area contributed by atoms with Gasteiger partial charge in [-0.3, -0.25) is 0 Å². The van der Waals surface area contributed by atoms with Crippen molar-refractivity contribution in [2.45, 2.75) is 33.6 Å². The SMILES string of the molecule is CCc1c(C)nc(C=C(N)c2ccc(OC)c(OC)c2)nc1NCCc1ccccc1C. The number of benzene rings is 2. The Morgan fingerprint density at radius 1 is 1.03 bits per heavy atom. The molecule has 0 radical (unpaired) electrons. The van der Waals surface area contributed by atoms with Crippen LogP contribution < -0.4 is 20.5 Å². The van der Waals surface area contributed by atoms with Crippen LogP contribution in [0, 0.1) is 13.8 Å². The first-order valence-corrected chi connectivity index (χ1v) is 10.8. The Morgan fingerprint density at radius 3 is 2.47 bits per heavy atom. The van der Waals surface area contributed by atoms with Gasteiger partial charge < -0.3 is 20.5 Å². The minimum Gasteiger partial charge on any atom is -0.493 e. The van der Waals surface area contributed by atoms with E-state index in [1.165, 1.54) is 11.1 Å². The maximum absolute atomic E-state index is 6.37. The third-order valence-corrected chi connectivity index (χ3v) is 5.53. The molecule has 2 aromatic carbocycles. The average molecular weight is 433 g/mol. The zero-order valence-corrected chi connectivity index (χ0v) is 19.5. The molecular weight excluding hydrogens is 400 g/mol. The summed E-state index contributed by atoms with van der Waals surface area (Å²) in [5.74, 6) is 2.72. The molecule has 6 nitrogen and oxygen atoms in total. The third-order valence-electron chi connectivity index (χ3n) is 5.53. The van der Waals surface area contributed by atoms with E-state index in [2.05, 4.69) is 48.4 Å². The van der Waals surface area contributed by atoms with Gasteiger partial charge in [0.05, 0.1) is 14.2 Å². The Bertz CT molecular complexity index is 1110. The molecule has 3 rings (SSSR count). The molecule has 0 bridgehead atoms. The Balaban J connectivity index is 1.84. The van der Waals surface area contributed by atoms with Crippen molar-refractivity contribution in [1.82, 2.24) is 9.97 Å². The van der Waals surface area contributed by atoms with Crippen molar-refractivity contribution in [3.63, 3.8) is 0 Å². The van der Waals surface area contributed by atoms with E-state index in [1.54, 1.807) is 20.3 Å². The molecule has 0 atom stereocenters. The molecule has 168 valence electrons. The van der Waals surface area contributed by atoms with Crippen molar-refractivity contribution in [2.75, 3.05) is 26.1 Å². The van der Waals surface area contributed by atoms with Crippen molar-refractivity contribution >= 4 is 17.6 Å². The fourth-order valence-corrected chi connectivity index (χ4v) is 3.70. The predicted octanol–water partition coefficient (Wildman–Crippen LogP) is 4.78. The maximum atomic E-state index is 6.37. The van der Waals surface area contributed by atoms with Gasteiger partial charge in [0.15, 0.2) is 17.3 Å². The molecular formula is C26H32N4O2. The van der Waals surface area contributed by atoms with Crippen LogP contribution in [0.25, 0.3) is 11.8 Å². The number of methoxy groups -OCH3 is 2. The molecule has 3 aromatic rings. The van der Waals surface area contributed by atoms with Gasteiger partial charge in [-0.15, -0.1) is 0 Å². The van der Waals surface area contributed by atoms with Crippen LogP contribution >= 0.6 is 0 Å². The number of aryl methyl sites for hydroxylation is 2. The molecule has 32 heavy (non-hydrogen) atoms. The first kappa shape index (κ1) is 23.1. The van der Waals surface area contributed by atoms with E-state index in [9.17, 15) is 0 Å². The minimum atomic E-state index is 0.556. The summed E-state index contributed by atoms with van der Waals surface area (Å²) < 4.78 is 10.7. The Hall–Kier alpha value is -3.54. The molecule has 0 aliphatic carbocycles. The molecule has 1 heterocycles. The molecule has 0 aliphatic heterocycles. The number of rotatable bonds is 9.